The molecule has 0 aliphatic rings. The van der Waals surface area contributed by atoms with Gasteiger partial charge >= 0.3 is 5.97 Å². The maximum absolute atomic E-state index is 11.8. The van der Waals surface area contributed by atoms with Crippen LogP contribution in [0.4, 0.5) is 5.13 Å². The van der Waals surface area contributed by atoms with Gasteiger partial charge in [-0.1, -0.05) is 0 Å². The predicted octanol–water partition coefficient (Wildman–Crippen LogP) is 2.88. The molecule has 0 spiro atoms. The van der Waals surface area contributed by atoms with E-state index in [4.69, 9.17) is 0 Å². The van der Waals surface area contributed by atoms with Crippen molar-refractivity contribution < 1.29 is 14.3 Å². The molecule has 5 nitrogen and oxygen atoms in total. The number of thiophene rings is 1. The van der Waals surface area contributed by atoms with E-state index >= 15 is 0 Å². The van der Waals surface area contributed by atoms with E-state index in [1.807, 2.05) is 19.1 Å². The number of amides is 1. The van der Waals surface area contributed by atoms with Crippen molar-refractivity contribution in [3.05, 3.63) is 39.0 Å². The number of ether oxygens (including phenoxy) is 1. The number of aryl methyl sites for hydroxylation is 1. The number of nitrogens with zero attached hydrogens (tertiary/aromatic N) is 1. The Bertz CT molecular complexity index is 673. The first-order valence-corrected chi connectivity index (χ1v) is 7.83. The number of rotatable bonds is 5. The summed E-state index contributed by atoms with van der Waals surface area (Å²) in [6, 6.07) is 3.96. The molecule has 0 atom stereocenters. The summed E-state index contributed by atoms with van der Waals surface area (Å²) in [5.74, 6) is -0.605. The van der Waals surface area contributed by atoms with Crippen LogP contribution >= 0.6 is 22.7 Å². The minimum Gasteiger partial charge on any atom is -0.469 e. The fourth-order valence-electron chi connectivity index (χ4n) is 1.51. The van der Waals surface area contributed by atoms with Crippen LogP contribution < -0.4 is 5.32 Å². The molecule has 0 aliphatic carbocycles. The van der Waals surface area contributed by atoms with Crippen molar-refractivity contribution in [1.29, 1.82) is 0 Å². The monoisotopic (exact) mass is 322 g/mol. The quantitative estimate of drug-likeness (QED) is 0.679. The van der Waals surface area contributed by atoms with Gasteiger partial charge in [0.15, 0.2) is 5.13 Å². The first-order chi connectivity index (χ1) is 10.1. The summed E-state index contributed by atoms with van der Waals surface area (Å²) < 4.78 is 4.56. The normalized spacial score (nSPS) is 10.8. The van der Waals surface area contributed by atoms with Crippen LogP contribution in [-0.2, 0) is 20.7 Å². The van der Waals surface area contributed by atoms with E-state index in [1.165, 1.54) is 29.4 Å². The van der Waals surface area contributed by atoms with Gasteiger partial charge in [0.1, 0.15) is 0 Å². The highest BCUT2D eigenvalue weighted by atomic mass is 32.1. The van der Waals surface area contributed by atoms with Crippen molar-refractivity contribution in [2.45, 2.75) is 13.3 Å². The maximum Gasteiger partial charge on any atom is 0.311 e. The van der Waals surface area contributed by atoms with Crippen molar-refractivity contribution in [1.82, 2.24) is 4.98 Å². The summed E-state index contributed by atoms with van der Waals surface area (Å²) in [7, 11) is 1.33. The Balaban J connectivity index is 1.90. The molecule has 2 aromatic rings. The fraction of sp³-hybridized carbons (Fsp3) is 0.214. The highest BCUT2D eigenvalue weighted by Gasteiger charge is 2.08. The molecule has 2 rings (SSSR count). The Morgan fingerprint density at radius 1 is 1.43 bits per heavy atom. The van der Waals surface area contributed by atoms with Crippen molar-refractivity contribution in [2.75, 3.05) is 12.4 Å². The zero-order valence-corrected chi connectivity index (χ0v) is 13.2. The standard InChI is InChI=1S/C14H14N2O3S2/c1-9-3-4-11(21-9)5-6-12(17)16-14-15-10(8-20-14)7-13(18)19-2/h3-6,8H,7H2,1-2H3,(H,15,16,17)/b6-5+. The minimum atomic E-state index is -0.355. The summed E-state index contributed by atoms with van der Waals surface area (Å²) in [5.41, 5.74) is 0.583. The van der Waals surface area contributed by atoms with Gasteiger partial charge in [0.05, 0.1) is 19.2 Å². The van der Waals surface area contributed by atoms with Crippen LogP contribution in [-0.4, -0.2) is 24.0 Å². The third-order valence-electron chi connectivity index (χ3n) is 2.50. The highest BCUT2D eigenvalue weighted by molar-refractivity contribution is 7.14. The zero-order chi connectivity index (χ0) is 15.2. The second-order valence-electron chi connectivity index (χ2n) is 4.17. The number of nitrogens with one attached hydrogen (secondary N) is 1. The summed E-state index contributed by atoms with van der Waals surface area (Å²) in [6.07, 6.45) is 3.33. The third kappa shape index (κ3) is 4.80. The molecule has 2 aromatic heterocycles. The highest BCUT2D eigenvalue weighted by Crippen LogP contribution is 2.18. The summed E-state index contributed by atoms with van der Waals surface area (Å²) >= 11 is 2.89. The zero-order valence-electron chi connectivity index (χ0n) is 11.6. The molecule has 7 heteroatoms. The Morgan fingerprint density at radius 2 is 2.24 bits per heavy atom. The smallest absolute Gasteiger partial charge is 0.311 e. The SMILES string of the molecule is COC(=O)Cc1csc(NC(=O)/C=C/c2ccc(C)s2)n1. The fourth-order valence-corrected chi connectivity index (χ4v) is 3.01. The van der Waals surface area contributed by atoms with Crippen molar-refractivity contribution in [3.63, 3.8) is 0 Å². The molecular weight excluding hydrogens is 308 g/mol. The van der Waals surface area contributed by atoms with Crippen LogP contribution in [0.1, 0.15) is 15.4 Å². The second kappa shape index (κ2) is 7.14. The number of hydrogen-bond acceptors (Lipinski definition) is 6. The molecule has 0 saturated heterocycles. The molecule has 0 radical (unpaired) electrons. The van der Waals surface area contributed by atoms with Gasteiger partial charge in [-0.25, -0.2) is 4.98 Å². The first-order valence-electron chi connectivity index (χ1n) is 6.13. The molecule has 0 aromatic carbocycles. The lowest BCUT2D eigenvalue weighted by molar-refractivity contribution is -0.139. The lowest BCUT2D eigenvalue weighted by atomic mass is 10.3. The predicted molar refractivity (Wildman–Crippen MR) is 84.6 cm³/mol. The average molecular weight is 322 g/mol. The molecule has 0 unspecified atom stereocenters. The van der Waals surface area contributed by atoms with Gasteiger partial charge in [0, 0.05) is 21.2 Å². The summed E-state index contributed by atoms with van der Waals surface area (Å²) in [6.45, 7) is 2.01. The molecule has 0 saturated carbocycles. The van der Waals surface area contributed by atoms with Crippen molar-refractivity contribution >= 4 is 45.8 Å². The molecular formula is C14H14N2O3S2. The van der Waals surface area contributed by atoms with Gasteiger partial charge < -0.3 is 4.74 Å². The van der Waals surface area contributed by atoms with Gasteiger partial charge in [0.2, 0.25) is 5.91 Å². The van der Waals surface area contributed by atoms with Crippen LogP contribution in [0.2, 0.25) is 0 Å². The van der Waals surface area contributed by atoms with Gasteiger partial charge in [-0.3, -0.25) is 14.9 Å². The number of aromatic nitrogens is 1. The molecule has 1 amide bonds. The average Bonchev–Trinajstić information content (AvgIpc) is 3.05. The molecule has 110 valence electrons. The second-order valence-corrected chi connectivity index (χ2v) is 6.35. The number of anilines is 1. The van der Waals surface area contributed by atoms with Gasteiger partial charge in [-0.2, -0.15) is 0 Å². The lowest BCUT2D eigenvalue weighted by Gasteiger charge is -1.96. The number of methoxy groups -OCH3 is 1. The number of carbonyl (C=O) groups excluding carboxylic acids is 2. The minimum absolute atomic E-state index is 0.104. The Morgan fingerprint density at radius 3 is 2.90 bits per heavy atom. The maximum atomic E-state index is 11.8. The van der Waals surface area contributed by atoms with Gasteiger partial charge in [-0.05, 0) is 25.1 Å². The largest absolute Gasteiger partial charge is 0.469 e. The molecule has 0 fully saturated rings. The van der Waals surface area contributed by atoms with Crippen molar-refractivity contribution in [2.24, 2.45) is 0 Å². The topological polar surface area (TPSA) is 68.3 Å². The first kappa shape index (κ1) is 15.4. The van der Waals surface area contributed by atoms with E-state index in [0.29, 0.717) is 10.8 Å². The van der Waals surface area contributed by atoms with Crippen LogP contribution in [0, 0.1) is 6.92 Å². The van der Waals surface area contributed by atoms with E-state index in [-0.39, 0.29) is 18.3 Å². The number of hydrogen-bond donors (Lipinski definition) is 1. The Kier molecular flexibility index (Phi) is 5.24. The van der Waals surface area contributed by atoms with E-state index in [9.17, 15) is 9.59 Å². The van der Waals surface area contributed by atoms with Crippen LogP contribution in [0.15, 0.2) is 23.6 Å². The van der Waals surface area contributed by atoms with Crippen LogP contribution in [0.25, 0.3) is 6.08 Å². The third-order valence-corrected chi connectivity index (χ3v) is 4.27. The molecule has 1 N–H and O–H groups in total. The number of carbonyl (C=O) groups is 2. The molecule has 0 aliphatic heterocycles. The van der Waals surface area contributed by atoms with E-state index in [2.05, 4.69) is 15.0 Å². The number of thiazole rings is 1. The summed E-state index contributed by atoms with van der Waals surface area (Å²) in [4.78, 5) is 29.3. The lowest BCUT2D eigenvalue weighted by Crippen LogP contribution is -2.08. The van der Waals surface area contributed by atoms with E-state index < -0.39 is 0 Å². The summed E-state index contributed by atoms with van der Waals surface area (Å²) in [5, 5.41) is 4.85. The van der Waals surface area contributed by atoms with Gasteiger partial charge in [0.25, 0.3) is 0 Å². The molecule has 0 bridgehead atoms. The van der Waals surface area contributed by atoms with Crippen LogP contribution in [0.3, 0.4) is 0 Å². The Labute approximate surface area is 130 Å². The van der Waals surface area contributed by atoms with E-state index in [0.717, 1.165) is 4.88 Å². The number of esters is 1. The Hall–Kier alpha value is -1.99. The van der Waals surface area contributed by atoms with E-state index in [1.54, 1.807) is 22.8 Å². The molecule has 2 heterocycles. The van der Waals surface area contributed by atoms with Crippen LogP contribution in [0.5, 0.6) is 0 Å². The van der Waals surface area contributed by atoms with Gasteiger partial charge in [-0.15, -0.1) is 22.7 Å². The van der Waals surface area contributed by atoms with Crippen molar-refractivity contribution in [3.8, 4) is 0 Å². The molecule has 21 heavy (non-hydrogen) atoms.